The van der Waals surface area contributed by atoms with Crippen LogP contribution in [-0.2, 0) is 22.9 Å². The first-order chi connectivity index (χ1) is 9.06. The summed E-state index contributed by atoms with van der Waals surface area (Å²) < 4.78 is 26.8. The summed E-state index contributed by atoms with van der Waals surface area (Å²) in [6.07, 6.45) is 5.66. The second kappa shape index (κ2) is 4.73. The van der Waals surface area contributed by atoms with Gasteiger partial charge in [-0.1, -0.05) is 11.6 Å². The summed E-state index contributed by atoms with van der Waals surface area (Å²) in [7, 11) is -3.73. The van der Waals surface area contributed by atoms with E-state index in [1.165, 1.54) is 29.8 Å². The maximum absolute atomic E-state index is 12.2. The highest BCUT2D eigenvalue weighted by Crippen LogP contribution is 2.32. The zero-order chi connectivity index (χ0) is 13.5. The summed E-state index contributed by atoms with van der Waals surface area (Å²) in [5.74, 6) is 0. The van der Waals surface area contributed by atoms with Crippen molar-refractivity contribution in [3.63, 3.8) is 0 Å². The van der Waals surface area contributed by atoms with Gasteiger partial charge < -0.3 is 0 Å². The van der Waals surface area contributed by atoms with Crippen molar-refractivity contribution in [3.8, 4) is 0 Å². The molecule has 0 amide bonds. The van der Waals surface area contributed by atoms with Crippen LogP contribution in [0, 0.1) is 0 Å². The minimum absolute atomic E-state index is 0.0352. The summed E-state index contributed by atoms with van der Waals surface area (Å²) in [5.41, 5.74) is 1.000. The van der Waals surface area contributed by atoms with E-state index in [1.54, 1.807) is 0 Å². The Morgan fingerprint density at radius 1 is 1.37 bits per heavy atom. The Morgan fingerprint density at radius 3 is 2.95 bits per heavy atom. The molecule has 0 atom stereocenters. The Hall–Kier alpha value is -1.18. The van der Waals surface area contributed by atoms with E-state index in [4.69, 9.17) is 11.6 Å². The van der Waals surface area contributed by atoms with E-state index >= 15 is 0 Å². The third-order valence-electron chi connectivity index (χ3n) is 2.84. The molecular formula is C11H10ClN3O2S2. The van der Waals surface area contributed by atoms with Gasteiger partial charge in [0.15, 0.2) is 5.13 Å². The fraction of sp³-hybridized carbons (Fsp3) is 0.273. The number of hydrogen-bond donors (Lipinski definition) is 1. The minimum Gasteiger partial charge on any atom is -0.263 e. The summed E-state index contributed by atoms with van der Waals surface area (Å²) in [6.45, 7) is 0. The quantitative estimate of drug-likeness (QED) is 0.944. The number of aryl methyl sites for hydroxylation is 2. The van der Waals surface area contributed by atoms with Gasteiger partial charge in [-0.2, -0.15) is 0 Å². The van der Waals surface area contributed by atoms with E-state index < -0.39 is 10.0 Å². The van der Waals surface area contributed by atoms with Gasteiger partial charge in [-0.3, -0.25) is 9.71 Å². The first kappa shape index (κ1) is 12.8. The van der Waals surface area contributed by atoms with E-state index in [-0.39, 0.29) is 9.92 Å². The largest absolute Gasteiger partial charge is 0.266 e. The first-order valence-electron chi connectivity index (χ1n) is 5.67. The van der Waals surface area contributed by atoms with Crippen molar-refractivity contribution in [1.82, 2.24) is 9.97 Å². The third-order valence-corrected chi connectivity index (χ3v) is 5.85. The molecule has 2 aromatic heterocycles. The number of thiazole rings is 1. The second-order valence-electron chi connectivity index (χ2n) is 4.15. The Bertz CT molecular complexity index is 706. The maximum atomic E-state index is 12.2. The molecule has 0 saturated heterocycles. The summed E-state index contributed by atoms with van der Waals surface area (Å²) in [4.78, 5) is 9.21. The van der Waals surface area contributed by atoms with Crippen LogP contribution >= 0.6 is 22.9 Å². The summed E-state index contributed by atoms with van der Waals surface area (Å²) in [5, 5.41) is 0.538. The fourth-order valence-corrected chi connectivity index (χ4v) is 4.68. The number of aromatic nitrogens is 2. The Balaban J connectivity index is 1.91. The van der Waals surface area contributed by atoms with Gasteiger partial charge in [0.2, 0.25) is 0 Å². The fourth-order valence-electron chi connectivity index (χ4n) is 1.96. The topological polar surface area (TPSA) is 72.0 Å². The monoisotopic (exact) mass is 315 g/mol. The average molecular weight is 316 g/mol. The number of nitrogens with one attached hydrogen (secondary N) is 1. The van der Waals surface area contributed by atoms with Crippen molar-refractivity contribution in [2.45, 2.75) is 24.2 Å². The van der Waals surface area contributed by atoms with Gasteiger partial charge in [0.05, 0.1) is 10.7 Å². The molecule has 2 heterocycles. The number of halogens is 1. The predicted octanol–water partition coefficient (Wildman–Crippen LogP) is 2.48. The highest BCUT2D eigenvalue weighted by Gasteiger charge is 2.22. The van der Waals surface area contributed by atoms with Gasteiger partial charge in [0.25, 0.3) is 10.0 Å². The van der Waals surface area contributed by atoms with Gasteiger partial charge in [-0.15, -0.1) is 11.3 Å². The molecule has 3 rings (SSSR count). The number of pyridine rings is 1. The number of anilines is 1. The molecule has 5 nitrogen and oxygen atoms in total. The number of rotatable bonds is 3. The van der Waals surface area contributed by atoms with Gasteiger partial charge in [-0.25, -0.2) is 13.4 Å². The number of nitrogens with zero attached hydrogens (tertiary/aromatic N) is 2. The lowest BCUT2D eigenvalue weighted by Gasteiger charge is -2.06. The van der Waals surface area contributed by atoms with E-state index in [2.05, 4.69) is 14.7 Å². The molecule has 0 saturated carbocycles. The molecule has 0 radical (unpaired) electrons. The zero-order valence-electron chi connectivity index (χ0n) is 9.76. The molecule has 2 aromatic rings. The third kappa shape index (κ3) is 2.45. The molecule has 0 spiro atoms. The number of sulfonamides is 1. The van der Waals surface area contributed by atoms with Crippen LogP contribution < -0.4 is 4.72 Å². The number of fused-ring (bicyclic) bond motifs is 1. The lowest BCUT2D eigenvalue weighted by Crippen LogP contribution is -2.13. The van der Waals surface area contributed by atoms with Gasteiger partial charge >= 0.3 is 0 Å². The van der Waals surface area contributed by atoms with Crippen molar-refractivity contribution in [3.05, 3.63) is 34.1 Å². The number of hydrogen-bond acceptors (Lipinski definition) is 5. The summed E-state index contributed by atoms with van der Waals surface area (Å²) >= 11 is 7.26. The minimum atomic E-state index is -3.73. The molecular weight excluding hydrogens is 306 g/mol. The Morgan fingerprint density at radius 2 is 2.21 bits per heavy atom. The smallest absolute Gasteiger partial charge is 0.263 e. The molecule has 0 unspecified atom stereocenters. The van der Waals surface area contributed by atoms with Crippen LogP contribution in [0.2, 0.25) is 5.02 Å². The highest BCUT2D eigenvalue weighted by atomic mass is 35.5. The van der Waals surface area contributed by atoms with Crippen molar-refractivity contribution < 1.29 is 8.42 Å². The summed E-state index contributed by atoms with van der Waals surface area (Å²) in [6, 6.07) is 1.44. The van der Waals surface area contributed by atoms with Crippen LogP contribution in [0.5, 0.6) is 0 Å². The molecule has 8 heteroatoms. The molecule has 0 aromatic carbocycles. The van der Waals surface area contributed by atoms with Crippen molar-refractivity contribution >= 4 is 38.1 Å². The molecule has 0 fully saturated rings. The van der Waals surface area contributed by atoms with Crippen molar-refractivity contribution in [1.29, 1.82) is 0 Å². The Kier molecular flexibility index (Phi) is 3.20. The van der Waals surface area contributed by atoms with Crippen LogP contribution in [0.25, 0.3) is 0 Å². The zero-order valence-corrected chi connectivity index (χ0v) is 12.1. The standard InChI is InChI=1S/C11H10ClN3O2S2/c12-7-4-5-13-6-10(7)19(16,17)15-11-14-8-2-1-3-9(8)18-11/h4-6H,1-3H2,(H,14,15). The molecule has 19 heavy (non-hydrogen) atoms. The van der Waals surface area contributed by atoms with Gasteiger partial charge in [0, 0.05) is 17.3 Å². The van der Waals surface area contributed by atoms with Gasteiger partial charge in [0.1, 0.15) is 4.90 Å². The van der Waals surface area contributed by atoms with E-state index in [9.17, 15) is 8.42 Å². The van der Waals surface area contributed by atoms with Crippen LogP contribution in [0.4, 0.5) is 5.13 Å². The molecule has 0 aliphatic heterocycles. The maximum Gasteiger partial charge on any atom is 0.266 e. The van der Waals surface area contributed by atoms with E-state index in [0.29, 0.717) is 5.13 Å². The predicted molar refractivity (Wildman–Crippen MR) is 74.2 cm³/mol. The SMILES string of the molecule is O=S(=O)(Nc1nc2c(s1)CCC2)c1cnccc1Cl. The van der Waals surface area contributed by atoms with Crippen molar-refractivity contribution in [2.24, 2.45) is 0 Å². The molecule has 0 bridgehead atoms. The normalized spacial score (nSPS) is 14.4. The van der Waals surface area contributed by atoms with E-state index in [0.717, 1.165) is 29.8 Å². The van der Waals surface area contributed by atoms with Crippen LogP contribution in [-0.4, -0.2) is 18.4 Å². The lowest BCUT2D eigenvalue weighted by molar-refractivity contribution is 0.601. The first-order valence-corrected chi connectivity index (χ1v) is 8.35. The van der Waals surface area contributed by atoms with Crippen LogP contribution in [0.1, 0.15) is 17.0 Å². The molecule has 1 N–H and O–H groups in total. The van der Waals surface area contributed by atoms with Crippen molar-refractivity contribution in [2.75, 3.05) is 4.72 Å². The lowest BCUT2D eigenvalue weighted by atomic mass is 10.4. The van der Waals surface area contributed by atoms with Crippen LogP contribution in [0.15, 0.2) is 23.4 Å². The molecule has 1 aliphatic carbocycles. The molecule has 100 valence electrons. The highest BCUT2D eigenvalue weighted by molar-refractivity contribution is 7.93. The average Bonchev–Trinajstić information content (AvgIpc) is 2.89. The van der Waals surface area contributed by atoms with Gasteiger partial charge in [-0.05, 0) is 25.3 Å². The molecule has 1 aliphatic rings. The Labute approximate surface area is 119 Å². The van der Waals surface area contributed by atoms with Crippen LogP contribution in [0.3, 0.4) is 0 Å². The van der Waals surface area contributed by atoms with E-state index in [1.807, 2.05) is 0 Å². The second-order valence-corrected chi connectivity index (χ2v) is 7.30.